The number of methoxy groups -OCH3 is 1. The molecule has 0 saturated carbocycles. The van der Waals surface area contributed by atoms with Gasteiger partial charge < -0.3 is 24.3 Å². The van der Waals surface area contributed by atoms with E-state index in [0.29, 0.717) is 43.1 Å². The molecule has 1 aromatic carbocycles. The summed E-state index contributed by atoms with van der Waals surface area (Å²) in [6.45, 7) is 3.47. The maximum Gasteiger partial charge on any atom is 0.251 e. The van der Waals surface area contributed by atoms with Gasteiger partial charge in [0.1, 0.15) is 11.9 Å². The number of aryl methyl sites for hydroxylation is 1. The molecule has 1 aliphatic rings. The third-order valence-electron chi connectivity index (χ3n) is 5.16. The number of aromatic nitrogens is 2. The van der Waals surface area contributed by atoms with Gasteiger partial charge in [-0.25, -0.2) is 4.98 Å². The van der Waals surface area contributed by atoms with Crippen molar-refractivity contribution in [2.24, 2.45) is 7.05 Å². The predicted octanol–water partition coefficient (Wildman–Crippen LogP) is 1.79. The second-order valence-electron chi connectivity index (χ2n) is 7.15. The first-order valence-electron chi connectivity index (χ1n) is 9.82. The number of benzene rings is 1. The lowest BCUT2D eigenvalue weighted by Crippen LogP contribution is -2.40. The van der Waals surface area contributed by atoms with Crippen LogP contribution in [0.1, 0.15) is 35.9 Å². The Hall–Kier alpha value is -3.03. The van der Waals surface area contributed by atoms with E-state index >= 15 is 0 Å². The highest BCUT2D eigenvalue weighted by molar-refractivity contribution is 5.94. The number of hydrogen-bond acceptors (Lipinski definition) is 5. The maximum atomic E-state index is 12.5. The van der Waals surface area contributed by atoms with Gasteiger partial charge in [0.25, 0.3) is 5.91 Å². The minimum absolute atomic E-state index is 0.0250. The summed E-state index contributed by atoms with van der Waals surface area (Å²) in [6.07, 6.45) is 5.86. The number of carbonyl (C=O) groups excluding carboxylic acids is 2. The van der Waals surface area contributed by atoms with Crippen molar-refractivity contribution in [2.75, 3.05) is 26.7 Å². The van der Waals surface area contributed by atoms with Gasteiger partial charge in [0.2, 0.25) is 5.91 Å². The van der Waals surface area contributed by atoms with Gasteiger partial charge >= 0.3 is 0 Å². The van der Waals surface area contributed by atoms with E-state index in [4.69, 9.17) is 9.47 Å². The number of imidazole rings is 1. The Morgan fingerprint density at radius 3 is 2.62 bits per heavy atom. The van der Waals surface area contributed by atoms with Gasteiger partial charge in [-0.05, 0) is 18.2 Å². The van der Waals surface area contributed by atoms with Gasteiger partial charge in [0, 0.05) is 70.8 Å². The lowest BCUT2D eigenvalue weighted by molar-refractivity contribution is -0.130. The van der Waals surface area contributed by atoms with Crippen LogP contribution in [0.3, 0.4) is 0 Å². The van der Waals surface area contributed by atoms with Crippen LogP contribution in [0.4, 0.5) is 0 Å². The lowest BCUT2D eigenvalue weighted by atomic mass is 10.1. The smallest absolute Gasteiger partial charge is 0.251 e. The molecule has 8 heteroatoms. The van der Waals surface area contributed by atoms with Crippen LogP contribution in [0.15, 0.2) is 30.6 Å². The molecule has 2 amide bonds. The summed E-state index contributed by atoms with van der Waals surface area (Å²) in [6, 6.07) is 5.19. The Balaban J connectivity index is 1.56. The number of piperidine rings is 1. The van der Waals surface area contributed by atoms with Crippen LogP contribution >= 0.6 is 0 Å². The van der Waals surface area contributed by atoms with Crippen molar-refractivity contribution in [3.8, 4) is 11.5 Å². The summed E-state index contributed by atoms with van der Waals surface area (Å²) in [4.78, 5) is 30.0. The predicted molar refractivity (Wildman–Crippen MR) is 108 cm³/mol. The highest BCUT2D eigenvalue weighted by atomic mass is 16.5. The Morgan fingerprint density at radius 2 is 2.00 bits per heavy atom. The standard InChI is InChI=1S/C21H28N4O4/c1-15(26)25-11-7-17(8-12-25)29-18-5-4-16(14-19(18)28-3)21(27)23-9-6-20-22-10-13-24(20)2/h4-5,10,13-14,17H,6-9,11-12H2,1-3H3,(H,23,27). The molecule has 1 fully saturated rings. The molecule has 3 rings (SSSR count). The molecule has 8 nitrogen and oxygen atoms in total. The highest BCUT2D eigenvalue weighted by Crippen LogP contribution is 2.30. The average Bonchev–Trinajstić information content (AvgIpc) is 3.13. The van der Waals surface area contributed by atoms with Crippen LogP contribution in [0.5, 0.6) is 11.5 Å². The average molecular weight is 400 g/mol. The fourth-order valence-corrected chi connectivity index (χ4v) is 3.40. The fourth-order valence-electron chi connectivity index (χ4n) is 3.40. The van der Waals surface area contributed by atoms with Gasteiger partial charge in [0.15, 0.2) is 11.5 Å². The van der Waals surface area contributed by atoms with Crippen molar-refractivity contribution in [2.45, 2.75) is 32.3 Å². The molecule has 0 unspecified atom stereocenters. The van der Waals surface area contributed by atoms with E-state index in [1.807, 2.05) is 22.7 Å². The maximum absolute atomic E-state index is 12.5. The molecule has 0 spiro atoms. The number of ether oxygens (including phenoxy) is 2. The molecule has 0 radical (unpaired) electrons. The molecule has 0 bridgehead atoms. The Kier molecular flexibility index (Phi) is 6.74. The van der Waals surface area contributed by atoms with Gasteiger partial charge in [0.05, 0.1) is 7.11 Å². The molecule has 2 heterocycles. The van der Waals surface area contributed by atoms with E-state index in [-0.39, 0.29) is 17.9 Å². The van der Waals surface area contributed by atoms with E-state index in [9.17, 15) is 9.59 Å². The molecular formula is C21H28N4O4. The van der Waals surface area contributed by atoms with Crippen molar-refractivity contribution >= 4 is 11.8 Å². The second-order valence-corrected chi connectivity index (χ2v) is 7.15. The second kappa shape index (κ2) is 9.45. The highest BCUT2D eigenvalue weighted by Gasteiger charge is 2.23. The van der Waals surface area contributed by atoms with Gasteiger partial charge in [-0.15, -0.1) is 0 Å². The molecule has 0 atom stereocenters. The van der Waals surface area contributed by atoms with Gasteiger partial charge in [-0.1, -0.05) is 0 Å². The molecule has 0 aliphatic carbocycles. The monoisotopic (exact) mass is 400 g/mol. The third kappa shape index (κ3) is 5.28. The molecule has 1 saturated heterocycles. The van der Waals surface area contributed by atoms with Crippen LogP contribution in [0, 0.1) is 0 Å². The number of hydrogen-bond donors (Lipinski definition) is 1. The third-order valence-corrected chi connectivity index (χ3v) is 5.16. The van der Waals surface area contributed by atoms with Crippen LogP contribution in [0.2, 0.25) is 0 Å². The molecule has 1 aliphatic heterocycles. The van der Waals surface area contributed by atoms with E-state index in [0.717, 1.165) is 18.7 Å². The molecule has 2 aromatic rings. The summed E-state index contributed by atoms with van der Waals surface area (Å²) in [5, 5.41) is 2.91. The van der Waals surface area contributed by atoms with E-state index in [2.05, 4.69) is 10.3 Å². The zero-order valence-electron chi connectivity index (χ0n) is 17.2. The SMILES string of the molecule is COc1cc(C(=O)NCCc2nccn2C)ccc1OC1CCN(C(C)=O)CC1. The van der Waals surface area contributed by atoms with Crippen LogP contribution in [0.25, 0.3) is 0 Å². The molecule has 1 N–H and O–H groups in total. The van der Waals surface area contributed by atoms with Crippen molar-refractivity contribution in [1.29, 1.82) is 0 Å². The topological polar surface area (TPSA) is 85.7 Å². The number of rotatable bonds is 7. The van der Waals surface area contributed by atoms with Crippen molar-refractivity contribution in [3.05, 3.63) is 42.0 Å². The van der Waals surface area contributed by atoms with Crippen molar-refractivity contribution < 1.29 is 19.1 Å². The van der Waals surface area contributed by atoms with Crippen LogP contribution < -0.4 is 14.8 Å². The Labute approximate surface area is 170 Å². The number of nitrogens with one attached hydrogen (secondary N) is 1. The Morgan fingerprint density at radius 1 is 1.24 bits per heavy atom. The summed E-state index contributed by atoms with van der Waals surface area (Å²) in [5.41, 5.74) is 0.514. The first kappa shape index (κ1) is 20.7. The zero-order chi connectivity index (χ0) is 20.8. The Bertz CT molecular complexity index is 856. The minimum Gasteiger partial charge on any atom is -0.493 e. The van der Waals surface area contributed by atoms with Crippen molar-refractivity contribution in [1.82, 2.24) is 19.8 Å². The van der Waals surface area contributed by atoms with E-state index in [1.165, 1.54) is 0 Å². The molecular weight excluding hydrogens is 372 g/mol. The number of carbonyl (C=O) groups is 2. The lowest BCUT2D eigenvalue weighted by Gasteiger charge is -2.31. The van der Waals surface area contributed by atoms with Crippen LogP contribution in [-0.4, -0.2) is 59.1 Å². The summed E-state index contributed by atoms with van der Waals surface area (Å²) < 4.78 is 13.4. The van der Waals surface area contributed by atoms with Gasteiger partial charge in [-0.3, -0.25) is 9.59 Å². The minimum atomic E-state index is -0.168. The first-order valence-corrected chi connectivity index (χ1v) is 9.82. The number of nitrogens with zero attached hydrogens (tertiary/aromatic N) is 3. The molecule has 156 valence electrons. The zero-order valence-corrected chi connectivity index (χ0v) is 17.2. The fraction of sp³-hybridized carbons (Fsp3) is 0.476. The summed E-state index contributed by atoms with van der Waals surface area (Å²) in [5.74, 6) is 1.98. The summed E-state index contributed by atoms with van der Waals surface area (Å²) in [7, 11) is 3.49. The number of amides is 2. The normalized spacial score (nSPS) is 14.5. The molecule has 29 heavy (non-hydrogen) atoms. The quantitative estimate of drug-likeness (QED) is 0.766. The first-order chi connectivity index (χ1) is 14.0. The van der Waals surface area contributed by atoms with Crippen molar-refractivity contribution in [3.63, 3.8) is 0 Å². The van der Waals surface area contributed by atoms with Crippen LogP contribution in [-0.2, 0) is 18.3 Å². The largest absolute Gasteiger partial charge is 0.493 e. The number of likely N-dealkylation sites (tertiary alicyclic amines) is 1. The van der Waals surface area contributed by atoms with E-state index in [1.54, 1.807) is 38.4 Å². The molecule has 1 aromatic heterocycles. The van der Waals surface area contributed by atoms with E-state index < -0.39 is 0 Å². The summed E-state index contributed by atoms with van der Waals surface area (Å²) >= 11 is 0. The van der Waals surface area contributed by atoms with Gasteiger partial charge in [-0.2, -0.15) is 0 Å².